The van der Waals surface area contributed by atoms with Gasteiger partial charge in [0.2, 0.25) is 0 Å². The summed E-state index contributed by atoms with van der Waals surface area (Å²) >= 11 is 0. The molecule has 0 aliphatic carbocycles. The maximum atomic E-state index is 13.1. The Bertz CT molecular complexity index is 929. The highest BCUT2D eigenvalue weighted by Gasteiger charge is 2.37. The minimum absolute atomic E-state index is 0.0233. The molecule has 0 spiro atoms. The number of carbonyl (C=O) groups is 1. The van der Waals surface area contributed by atoms with Crippen LogP contribution in [0.25, 0.3) is 10.9 Å². The maximum Gasteiger partial charge on any atom is 0.256 e. The summed E-state index contributed by atoms with van der Waals surface area (Å²) in [6.07, 6.45) is 5.51. The van der Waals surface area contributed by atoms with Gasteiger partial charge in [0.05, 0.1) is 23.5 Å². The second-order valence-electron chi connectivity index (χ2n) is 6.85. The number of aliphatic hydroxyl groups is 1. The summed E-state index contributed by atoms with van der Waals surface area (Å²) in [5.74, 6) is 0.0997. The molecule has 3 aromatic rings. The van der Waals surface area contributed by atoms with E-state index in [1.807, 2.05) is 43.4 Å². The van der Waals surface area contributed by atoms with Crippen molar-refractivity contribution in [3.05, 3.63) is 47.4 Å². The Hall–Kier alpha value is -2.67. The summed E-state index contributed by atoms with van der Waals surface area (Å²) in [6, 6.07) is 3.91. The molecule has 2 aromatic heterocycles. The second kappa shape index (κ2) is 6.00. The minimum atomic E-state index is -0.0252. The molecule has 0 bridgehead atoms. The number of hydrogen-bond acceptors (Lipinski definition) is 4. The lowest BCUT2D eigenvalue weighted by molar-refractivity contribution is 0.0783. The fourth-order valence-corrected chi connectivity index (χ4v) is 3.78. The van der Waals surface area contributed by atoms with Gasteiger partial charge >= 0.3 is 0 Å². The van der Waals surface area contributed by atoms with Crippen LogP contribution in [0.5, 0.6) is 0 Å². The number of aromatic amines is 1. The average Bonchev–Trinajstić information content (AvgIpc) is 3.31. The molecule has 0 radical (unpaired) electrons. The van der Waals surface area contributed by atoms with E-state index in [0.717, 1.165) is 22.0 Å². The average molecular weight is 339 g/mol. The van der Waals surface area contributed by atoms with Crippen LogP contribution in [0.1, 0.15) is 27.4 Å². The van der Waals surface area contributed by atoms with E-state index in [1.54, 1.807) is 10.9 Å². The number of nitrogens with zero attached hydrogens (tertiary/aromatic N) is 4. The van der Waals surface area contributed by atoms with E-state index in [9.17, 15) is 9.90 Å². The SMILES string of the molecule is Cc1cc(C(=O)N2C[C@@H](CO)[C@H](c3cnn(C)c3)C2)c2[nH]ncc2c1. The number of amides is 1. The topological polar surface area (TPSA) is 87.0 Å². The van der Waals surface area contributed by atoms with Crippen LogP contribution in [0.3, 0.4) is 0 Å². The normalized spacial score (nSPS) is 20.5. The first kappa shape index (κ1) is 15.8. The molecule has 25 heavy (non-hydrogen) atoms. The van der Waals surface area contributed by atoms with Gasteiger partial charge in [-0.05, 0) is 30.2 Å². The molecule has 0 unspecified atom stereocenters. The van der Waals surface area contributed by atoms with Gasteiger partial charge in [-0.15, -0.1) is 0 Å². The number of nitrogens with one attached hydrogen (secondary N) is 1. The number of hydrogen-bond donors (Lipinski definition) is 2. The van der Waals surface area contributed by atoms with E-state index in [2.05, 4.69) is 15.3 Å². The van der Waals surface area contributed by atoms with Crippen molar-refractivity contribution in [1.29, 1.82) is 0 Å². The van der Waals surface area contributed by atoms with Crippen LogP contribution in [0.4, 0.5) is 0 Å². The van der Waals surface area contributed by atoms with Crippen molar-refractivity contribution < 1.29 is 9.90 Å². The monoisotopic (exact) mass is 339 g/mol. The quantitative estimate of drug-likeness (QED) is 0.756. The summed E-state index contributed by atoms with van der Waals surface area (Å²) in [4.78, 5) is 15.0. The number of aryl methyl sites for hydroxylation is 2. The van der Waals surface area contributed by atoms with Crippen LogP contribution in [0.2, 0.25) is 0 Å². The van der Waals surface area contributed by atoms with Gasteiger partial charge in [-0.1, -0.05) is 0 Å². The van der Waals surface area contributed by atoms with E-state index in [-0.39, 0.29) is 24.3 Å². The van der Waals surface area contributed by atoms with Gasteiger partial charge in [0.15, 0.2) is 0 Å². The lowest BCUT2D eigenvalue weighted by Crippen LogP contribution is -2.29. The van der Waals surface area contributed by atoms with Crippen molar-refractivity contribution in [3.8, 4) is 0 Å². The van der Waals surface area contributed by atoms with Crippen molar-refractivity contribution >= 4 is 16.8 Å². The van der Waals surface area contributed by atoms with E-state index >= 15 is 0 Å². The zero-order chi connectivity index (χ0) is 17.6. The van der Waals surface area contributed by atoms with Crippen molar-refractivity contribution in [1.82, 2.24) is 24.9 Å². The molecule has 1 aromatic carbocycles. The first-order valence-electron chi connectivity index (χ1n) is 8.39. The molecule has 1 aliphatic rings. The Morgan fingerprint density at radius 1 is 1.36 bits per heavy atom. The molecule has 2 atom stereocenters. The lowest BCUT2D eigenvalue weighted by Gasteiger charge is -2.17. The summed E-state index contributed by atoms with van der Waals surface area (Å²) in [5, 5.41) is 21.9. The highest BCUT2D eigenvalue weighted by Crippen LogP contribution is 2.33. The first-order chi connectivity index (χ1) is 12.1. The van der Waals surface area contributed by atoms with Gasteiger partial charge in [0, 0.05) is 50.2 Å². The van der Waals surface area contributed by atoms with Gasteiger partial charge < -0.3 is 10.0 Å². The van der Waals surface area contributed by atoms with E-state index in [0.29, 0.717) is 18.7 Å². The Balaban J connectivity index is 1.65. The van der Waals surface area contributed by atoms with Gasteiger partial charge in [-0.25, -0.2) is 0 Å². The molecule has 3 heterocycles. The van der Waals surface area contributed by atoms with Crippen LogP contribution >= 0.6 is 0 Å². The molecule has 1 saturated heterocycles. The lowest BCUT2D eigenvalue weighted by atomic mass is 9.92. The zero-order valence-corrected chi connectivity index (χ0v) is 14.3. The van der Waals surface area contributed by atoms with Crippen LogP contribution in [-0.2, 0) is 7.05 Å². The van der Waals surface area contributed by atoms with Crippen molar-refractivity contribution in [3.63, 3.8) is 0 Å². The summed E-state index contributed by atoms with van der Waals surface area (Å²) < 4.78 is 1.75. The predicted octanol–water partition coefficient (Wildman–Crippen LogP) is 1.45. The third-order valence-corrected chi connectivity index (χ3v) is 5.04. The molecule has 4 rings (SSSR count). The highest BCUT2D eigenvalue weighted by atomic mass is 16.3. The van der Waals surface area contributed by atoms with Crippen LogP contribution in [0.15, 0.2) is 30.7 Å². The number of likely N-dealkylation sites (tertiary alicyclic amines) is 1. The van der Waals surface area contributed by atoms with E-state index in [1.165, 1.54) is 0 Å². The molecule has 1 aliphatic heterocycles. The number of H-pyrrole nitrogens is 1. The number of fused-ring (bicyclic) bond motifs is 1. The molecule has 1 amide bonds. The smallest absolute Gasteiger partial charge is 0.256 e. The largest absolute Gasteiger partial charge is 0.396 e. The number of rotatable bonds is 3. The van der Waals surface area contributed by atoms with Gasteiger partial charge in [-0.2, -0.15) is 10.2 Å². The Kier molecular flexibility index (Phi) is 3.80. The molecule has 130 valence electrons. The molecular weight excluding hydrogens is 318 g/mol. The van der Waals surface area contributed by atoms with Gasteiger partial charge in [0.25, 0.3) is 5.91 Å². The van der Waals surface area contributed by atoms with Crippen molar-refractivity contribution in [2.45, 2.75) is 12.8 Å². The molecule has 0 saturated carbocycles. The zero-order valence-electron chi connectivity index (χ0n) is 14.3. The number of aliphatic hydroxyl groups excluding tert-OH is 1. The second-order valence-corrected chi connectivity index (χ2v) is 6.85. The number of aromatic nitrogens is 4. The van der Waals surface area contributed by atoms with Crippen molar-refractivity contribution in [2.75, 3.05) is 19.7 Å². The number of carbonyl (C=O) groups excluding carboxylic acids is 1. The number of benzene rings is 1. The fraction of sp³-hybridized carbons (Fsp3) is 0.389. The Morgan fingerprint density at radius 3 is 2.92 bits per heavy atom. The third-order valence-electron chi connectivity index (χ3n) is 5.04. The van der Waals surface area contributed by atoms with Gasteiger partial charge in [-0.3, -0.25) is 14.6 Å². The highest BCUT2D eigenvalue weighted by molar-refractivity contribution is 6.05. The Labute approximate surface area is 145 Å². The van der Waals surface area contributed by atoms with E-state index in [4.69, 9.17) is 0 Å². The van der Waals surface area contributed by atoms with Crippen LogP contribution in [-0.4, -0.2) is 55.6 Å². The first-order valence-corrected chi connectivity index (χ1v) is 8.39. The summed E-state index contributed by atoms with van der Waals surface area (Å²) in [6.45, 7) is 3.15. The summed E-state index contributed by atoms with van der Waals surface area (Å²) in [5.41, 5.74) is 3.49. The van der Waals surface area contributed by atoms with Crippen molar-refractivity contribution in [2.24, 2.45) is 13.0 Å². The molecule has 7 nitrogen and oxygen atoms in total. The van der Waals surface area contributed by atoms with Crippen LogP contribution in [0, 0.1) is 12.8 Å². The molecule has 2 N–H and O–H groups in total. The van der Waals surface area contributed by atoms with Crippen LogP contribution < -0.4 is 0 Å². The predicted molar refractivity (Wildman–Crippen MR) is 93.3 cm³/mol. The van der Waals surface area contributed by atoms with E-state index < -0.39 is 0 Å². The third kappa shape index (κ3) is 2.70. The fourth-order valence-electron chi connectivity index (χ4n) is 3.78. The maximum absolute atomic E-state index is 13.1. The molecule has 1 fully saturated rings. The molecular formula is C18H21N5O2. The Morgan fingerprint density at radius 2 is 2.20 bits per heavy atom. The standard InChI is InChI=1S/C18H21N5O2/c1-11-3-12-5-19-21-17(12)15(4-11)18(25)23-8-14(10-24)16(9-23)13-6-20-22(2)7-13/h3-7,14,16,24H,8-10H2,1-2H3,(H,19,21)/t14-,16-/m0/s1. The summed E-state index contributed by atoms with van der Waals surface area (Å²) in [7, 11) is 1.87. The molecule has 7 heteroatoms. The minimum Gasteiger partial charge on any atom is -0.396 e. The van der Waals surface area contributed by atoms with Gasteiger partial charge in [0.1, 0.15) is 0 Å².